The van der Waals surface area contributed by atoms with Crippen molar-refractivity contribution in [2.24, 2.45) is 0 Å². The first-order valence-electron chi connectivity index (χ1n) is 7.29. The number of phenols is 1. The zero-order valence-electron chi connectivity index (χ0n) is 12.7. The van der Waals surface area contributed by atoms with Gasteiger partial charge in [0.1, 0.15) is 5.75 Å². The van der Waals surface area contributed by atoms with Crippen LogP contribution in [0.1, 0.15) is 30.1 Å². The molecular formula is C18H17ClO4. The van der Waals surface area contributed by atoms with E-state index in [9.17, 15) is 14.7 Å². The second-order valence-corrected chi connectivity index (χ2v) is 5.41. The Morgan fingerprint density at radius 2 is 1.83 bits per heavy atom. The van der Waals surface area contributed by atoms with Crippen LogP contribution in [-0.2, 0) is 9.53 Å². The van der Waals surface area contributed by atoms with Crippen LogP contribution < -0.4 is 0 Å². The highest BCUT2D eigenvalue weighted by molar-refractivity contribution is 6.30. The largest absolute Gasteiger partial charge is 0.507 e. The van der Waals surface area contributed by atoms with E-state index in [2.05, 4.69) is 0 Å². The van der Waals surface area contributed by atoms with Gasteiger partial charge in [-0.1, -0.05) is 29.8 Å². The number of ether oxygens (including phenoxy) is 1. The summed E-state index contributed by atoms with van der Waals surface area (Å²) in [5.74, 6) is -0.838. The summed E-state index contributed by atoms with van der Waals surface area (Å²) in [7, 11) is 0. The summed E-state index contributed by atoms with van der Waals surface area (Å²) in [5.41, 5.74) is 1.80. The highest BCUT2D eigenvalue weighted by Gasteiger charge is 2.15. The monoisotopic (exact) mass is 332 g/mol. The number of halogens is 1. The van der Waals surface area contributed by atoms with Crippen molar-refractivity contribution in [3.63, 3.8) is 0 Å². The molecule has 0 amide bonds. The number of aromatic hydroxyl groups is 1. The minimum atomic E-state index is -0.425. The Morgan fingerprint density at radius 3 is 2.52 bits per heavy atom. The van der Waals surface area contributed by atoms with E-state index in [4.69, 9.17) is 16.3 Å². The lowest BCUT2D eigenvalue weighted by atomic mass is 9.99. The van der Waals surface area contributed by atoms with Crippen LogP contribution in [0.5, 0.6) is 5.75 Å². The number of benzene rings is 2. The molecule has 5 heteroatoms. The van der Waals surface area contributed by atoms with E-state index in [1.54, 1.807) is 31.2 Å². The van der Waals surface area contributed by atoms with Gasteiger partial charge in [0.15, 0.2) is 5.78 Å². The summed E-state index contributed by atoms with van der Waals surface area (Å²) in [5, 5.41) is 10.5. The van der Waals surface area contributed by atoms with Gasteiger partial charge in [-0.15, -0.1) is 0 Å². The maximum Gasteiger partial charge on any atom is 0.306 e. The molecule has 0 bridgehead atoms. The fourth-order valence-corrected chi connectivity index (χ4v) is 2.38. The number of phenolic OH excluding ortho intramolecular Hbond substituents is 1. The Balaban J connectivity index is 2.20. The van der Waals surface area contributed by atoms with Crippen LogP contribution in [0.4, 0.5) is 0 Å². The molecule has 2 rings (SSSR count). The molecule has 4 nitrogen and oxygen atoms in total. The van der Waals surface area contributed by atoms with Crippen LogP contribution in [0.25, 0.3) is 11.1 Å². The Hall–Kier alpha value is -2.33. The summed E-state index contributed by atoms with van der Waals surface area (Å²) >= 11 is 5.97. The molecular weight excluding hydrogens is 316 g/mol. The number of hydrogen-bond donors (Lipinski definition) is 1. The molecule has 2 aromatic carbocycles. The third kappa shape index (κ3) is 4.57. The second-order valence-electron chi connectivity index (χ2n) is 4.97. The predicted octanol–water partition coefficient (Wildman–Crippen LogP) is 4.24. The number of rotatable bonds is 6. The lowest BCUT2D eigenvalue weighted by molar-refractivity contribution is -0.143. The van der Waals surface area contributed by atoms with E-state index < -0.39 is 5.97 Å². The quantitative estimate of drug-likeness (QED) is 0.635. The van der Waals surface area contributed by atoms with Gasteiger partial charge in [0.2, 0.25) is 0 Å². The van der Waals surface area contributed by atoms with Gasteiger partial charge in [0, 0.05) is 11.4 Å². The van der Waals surface area contributed by atoms with Crippen molar-refractivity contribution in [1.82, 2.24) is 0 Å². The van der Waals surface area contributed by atoms with E-state index in [1.165, 1.54) is 6.07 Å². The van der Waals surface area contributed by atoms with Crippen LogP contribution in [0.2, 0.25) is 5.02 Å². The molecule has 23 heavy (non-hydrogen) atoms. The average Bonchev–Trinajstić information content (AvgIpc) is 2.53. The summed E-state index contributed by atoms with van der Waals surface area (Å²) < 4.78 is 4.80. The van der Waals surface area contributed by atoms with E-state index >= 15 is 0 Å². The molecule has 0 heterocycles. The van der Waals surface area contributed by atoms with Crippen LogP contribution in [0.3, 0.4) is 0 Å². The fourth-order valence-electron chi connectivity index (χ4n) is 2.19. The average molecular weight is 333 g/mol. The SMILES string of the molecule is CCOC(=O)CCC(=O)c1cc(-c2cccc(Cl)c2)ccc1O. The summed E-state index contributed by atoms with van der Waals surface area (Å²) in [4.78, 5) is 23.6. The topological polar surface area (TPSA) is 63.6 Å². The van der Waals surface area contributed by atoms with Gasteiger partial charge in [-0.3, -0.25) is 9.59 Å². The molecule has 0 aliphatic heterocycles. The summed E-state index contributed by atoms with van der Waals surface area (Å²) in [6.45, 7) is 1.99. The van der Waals surface area contributed by atoms with Crippen molar-refractivity contribution in [3.8, 4) is 16.9 Å². The molecule has 2 aromatic rings. The molecule has 0 aromatic heterocycles. The number of ketones is 1. The molecule has 0 atom stereocenters. The molecule has 120 valence electrons. The standard InChI is InChI=1S/C18H17ClO4/c1-2-23-18(22)9-8-17(21)15-11-13(6-7-16(15)20)12-4-3-5-14(19)10-12/h3-7,10-11,20H,2,8-9H2,1H3. The van der Waals surface area contributed by atoms with E-state index in [0.717, 1.165) is 11.1 Å². The first kappa shape index (κ1) is 17.0. The molecule has 0 saturated heterocycles. The molecule has 0 spiro atoms. The van der Waals surface area contributed by atoms with Crippen molar-refractivity contribution in [3.05, 3.63) is 53.1 Å². The molecule has 1 N–H and O–H groups in total. The molecule has 0 aliphatic carbocycles. The van der Waals surface area contributed by atoms with E-state index in [0.29, 0.717) is 5.02 Å². The minimum Gasteiger partial charge on any atom is -0.507 e. The predicted molar refractivity (Wildman–Crippen MR) is 88.8 cm³/mol. The first-order chi connectivity index (χ1) is 11.0. The van der Waals surface area contributed by atoms with Gasteiger partial charge in [0.05, 0.1) is 18.6 Å². The summed E-state index contributed by atoms with van der Waals surface area (Å²) in [6, 6.07) is 12.0. The molecule has 0 aliphatic rings. The number of hydrogen-bond acceptors (Lipinski definition) is 4. The normalized spacial score (nSPS) is 10.3. The van der Waals surface area contributed by atoms with Gasteiger partial charge in [-0.25, -0.2) is 0 Å². The van der Waals surface area contributed by atoms with Gasteiger partial charge < -0.3 is 9.84 Å². The Bertz CT molecular complexity index is 725. The van der Waals surface area contributed by atoms with Crippen molar-refractivity contribution < 1.29 is 19.4 Å². The van der Waals surface area contributed by atoms with Crippen molar-refractivity contribution >= 4 is 23.4 Å². The van der Waals surface area contributed by atoms with Gasteiger partial charge >= 0.3 is 5.97 Å². The highest BCUT2D eigenvalue weighted by atomic mass is 35.5. The Morgan fingerprint density at radius 1 is 1.09 bits per heavy atom. The van der Waals surface area contributed by atoms with Crippen LogP contribution in [0.15, 0.2) is 42.5 Å². The van der Waals surface area contributed by atoms with Crippen LogP contribution in [-0.4, -0.2) is 23.5 Å². The molecule has 0 radical (unpaired) electrons. The van der Waals surface area contributed by atoms with Gasteiger partial charge in [-0.05, 0) is 42.3 Å². The number of Topliss-reactive ketones (excluding diaryl/α,β-unsaturated/α-hetero) is 1. The third-order valence-corrected chi connectivity index (χ3v) is 3.55. The van der Waals surface area contributed by atoms with Crippen LogP contribution in [0, 0.1) is 0 Å². The third-order valence-electron chi connectivity index (χ3n) is 3.32. The lowest BCUT2D eigenvalue weighted by Gasteiger charge is -2.08. The molecule has 0 saturated carbocycles. The van der Waals surface area contributed by atoms with Crippen LogP contribution >= 0.6 is 11.6 Å². The van der Waals surface area contributed by atoms with Crippen molar-refractivity contribution in [1.29, 1.82) is 0 Å². The number of esters is 1. The fraction of sp³-hybridized carbons (Fsp3) is 0.222. The highest BCUT2D eigenvalue weighted by Crippen LogP contribution is 2.28. The smallest absolute Gasteiger partial charge is 0.306 e. The van der Waals surface area contributed by atoms with Gasteiger partial charge in [0.25, 0.3) is 0 Å². The second kappa shape index (κ2) is 7.79. The van der Waals surface area contributed by atoms with Crippen molar-refractivity contribution in [2.45, 2.75) is 19.8 Å². The zero-order chi connectivity index (χ0) is 16.8. The van der Waals surface area contributed by atoms with Gasteiger partial charge in [-0.2, -0.15) is 0 Å². The molecule has 0 unspecified atom stereocenters. The lowest BCUT2D eigenvalue weighted by Crippen LogP contribution is -2.08. The Kier molecular flexibility index (Phi) is 5.77. The Labute approximate surface area is 139 Å². The minimum absolute atomic E-state index is 0.00644. The summed E-state index contributed by atoms with van der Waals surface area (Å²) in [6.07, 6.45) is -0.0150. The van der Waals surface area contributed by atoms with E-state index in [-0.39, 0.29) is 36.5 Å². The maximum absolute atomic E-state index is 12.2. The number of carbonyl (C=O) groups is 2. The maximum atomic E-state index is 12.2. The number of carbonyl (C=O) groups excluding carboxylic acids is 2. The molecule has 0 fully saturated rings. The zero-order valence-corrected chi connectivity index (χ0v) is 13.5. The van der Waals surface area contributed by atoms with Crippen molar-refractivity contribution in [2.75, 3.05) is 6.61 Å². The van der Waals surface area contributed by atoms with E-state index in [1.807, 2.05) is 12.1 Å². The first-order valence-corrected chi connectivity index (χ1v) is 7.67.